The van der Waals surface area contributed by atoms with E-state index in [0.717, 1.165) is 0 Å². The largest absolute Gasteiger partial charge is 0.708 e. The molecule has 0 saturated heterocycles. The Labute approximate surface area is 253 Å². The Morgan fingerprint density at radius 1 is 0.468 bits per heavy atom. The second-order valence-corrected chi connectivity index (χ2v) is 9.52. The molecule has 0 fully saturated rings. The molecule has 1 heterocycles. The van der Waals surface area contributed by atoms with E-state index in [1.807, 2.05) is 4.98 Å². The van der Waals surface area contributed by atoms with Gasteiger partial charge in [0.05, 0.1) is 32.8 Å². The summed E-state index contributed by atoms with van der Waals surface area (Å²) in [5.74, 6) is -42.7. The number of H-pyrrole nitrogens is 1. The maximum absolute atomic E-state index is 15.2. The predicted molar refractivity (Wildman–Crippen MR) is 130 cm³/mol. The van der Waals surface area contributed by atoms with E-state index in [1.54, 1.807) is 0 Å². The van der Waals surface area contributed by atoms with Crippen molar-refractivity contribution in [3.8, 4) is 39.3 Å². The summed E-state index contributed by atoms with van der Waals surface area (Å²) in [6, 6.07) is 0.178. The predicted octanol–water partition coefficient (Wildman–Crippen LogP) is 8.26. The lowest BCUT2D eigenvalue weighted by Gasteiger charge is -2.18. The molecule has 0 bridgehead atoms. The second-order valence-electron chi connectivity index (χ2n) is 9.14. The summed E-state index contributed by atoms with van der Waals surface area (Å²) in [7, 11) is -3.09. The molecule has 0 amide bonds. The van der Waals surface area contributed by atoms with Gasteiger partial charge in [-0.2, -0.15) is 0 Å². The van der Waals surface area contributed by atoms with E-state index < -0.39 is 150 Å². The minimum atomic E-state index is -3.09. The molecule has 47 heavy (non-hydrogen) atoms. The third-order valence-corrected chi connectivity index (χ3v) is 7.00. The minimum Gasteiger partial charge on any atom is -0.498 e. The molecule has 0 aliphatic heterocycles. The van der Waals surface area contributed by atoms with Crippen LogP contribution in [0.1, 0.15) is 0 Å². The van der Waals surface area contributed by atoms with Crippen molar-refractivity contribution in [2.24, 2.45) is 0 Å². The van der Waals surface area contributed by atoms with Gasteiger partial charge in [0.25, 0.3) is 0 Å². The van der Waals surface area contributed by atoms with E-state index in [2.05, 4.69) is 4.65 Å². The molecule has 0 atom stereocenters. The van der Waals surface area contributed by atoms with Crippen LogP contribution in [0, 0.1) is 87.3 Å². The molecule has 21 heteroatoms. The number of rotatable bonds is 5. The van der Waals surface area contributed by atoms with Gasteiger partial charge in [0.15, 0.2) is 75.7 Å². The summed E-state index contributed by atoms with van der Waals surface area (Å²) in [6.07, 6.45) is 0. The zero-order chi connectivity index (χ0) is 35.1. The maximum Gasteiger partial charge on any atom is 0.708 e. The number of hydrogen-bond donors (Lipinski definition) is 3. The Morgan fingerprint density at radius 2 is 0.787 bits per heavy atom. The van der Waals surface area contributed by atoms with Crippen LogP contribution in [0.4, 0.5) is 65.9 Å². The highest BCUT2D eigenvalue weighted by Gasteiger charge is 2.38. The number of hydrogen-bond acceptors (Lipinski definition) is 3. The lowest BCUT2D eigenvalue weighted by molar-refractivity contribution is 0.284. The molecular formula is C26H4BClF15NO3. The zero-order valence-corrected chi connectivity index (χ0v) is 22.3. The average Bonchev–Trinajstić information content (AvgIpc) is 3.36. The summed E-state index contributed by atoms with van der Waals surface area (Å²) in [4.78, 5) is 1.82. The van der Waals surface area contributed by atoms with E-state index in [-0.39, 0.29) is 6.07 Å². The summed E-state index contributed by atoms with van der Waals surface area (Å²) in [5.41, 5.74) is -12.6. The SMILES string of the molecule is OB(O)Oc1[nH]c2cc(-c3c(F)c(F)c(F)c(F)c3F)c(Cl)c(-c3c(F)c(F)c(F)c(F)c3F)c2c1-c1c(F)c(F)c(F)c(F)c1F. The Hall–Kier alpha value is -4.56. The van der Waals surface area contributed by atoms with Gasteiger partial charge in [-0.05, 0) is 6.07 Å². The molecular weight excluding hydrogens is 706 g/mol. The molecule has 4 aromatic carbocycles. The van der Waals surface area contributed by atoms with Crippen molar-refractivity contribution < 1.29 is 80.6 Å². The van der Waals surface area contributed by atoms with Crippen molar-refractivity contribution in [3.05, 3.63) is 98.3 Å². The topological polar surface area (TPSA) is 65.5 Å². The van der Waals surface area contributed by atoms with Crippen molar-refractivity contribution >= 4 is 29.8 Å². The highest BCUT2D eigenvalue weighted by atomic mass is 35.5. The van der Waals surface area contributed by atoms with E-state index in [0.29, 0.717) is 0 Å². The van der Waals surface area contributed by atoms with Crippen molar-refractivity contribution in [2.75, 3.05) is 0 Å². The van der Waals surface area contributed by atoms with Gasteiger partial charge < -0.3 is 19.7 Å². The van der Waals surface area contributed by atoms with Crippen LogP contribution in [0.25, 0.3) is 44.3 Å². The highest BCUT2D eigenvalue weighted by Crippen LogP contribution is 2.52. The molecule has 0 aliphatic rings. The smallest absolute Gasteiger partial charge is 0.498 e. The summed E-state index contributed by atoms with van der Waals surface area (Å²) < 4.78 is 222. The maximum atomic E-state index is 15.2. The number of fused-ring (bicyclic) bond motifs is 1. The number of aromatic amines is 1. The van der Waals surface area contributed by atoms with E-state index in [4.69, 9.17) is 11.6 Å². The van der Waals surface area contributed by atoms with Crippen molar-refractivity contribution in [2.45, 2.75) is 0 Å². The van der Waals surface area contributed by atoms with Crippen molar-refractivity contribution in [1.82, 2.24) is 4.98 Å². The molecule has 4 nitrogen and oxygen atoms in total. The van der Waals surface area contributed by atoms with Gasteiger partial charge in [-0.25, -0.2) is 65.9 Å². The number of benzene rings is 4. The van der Waals surface area contributed by atoms with Gasteiger partial charge in [0.2, 0.25) is 17.5 Å². The van der Waals surface area contributed by atoms with E-state index >= 15 is 17.6 Å². The van der Waals surface area contributed by atoms with Crippen LogP contribution in [-0.4, -0.2) is 22.4 Å². The zero-order valence-electron chi connectivity index (χ0n) is 21.5. The summed E-state index contributed by atoms with van der Waals surface area (Å²) >= 11 is 6.08. The van der Waals surface area contributed by atoms with Crippen LogP contribution in [-0.2, 0) is 0 Å². The molecule has 3 N–H and O–H groups in total. The van der Waals surface area contributed by atoms with Crippen molar-refractivity contribution in [3.63, 3.8) is 0 Å². The summed E-state index contributed by atoms with van der Waals surface area (Å²) in [5, 5.41) is 15.5. The first-order valence-electron chi connectivity index (χ1n) is 11.8. The van der Waals surface area contributed by atoms with Gasteiger partial charge in [-0.15, -0.1) is 0 Å². The molecule has 0 unspecified atom stereocenters. The molecule has 1 aromatic heterocycles. The molecule has 246 valence electrons. The standard InChI is InChI=1S/C26H4BClF15NO3/c28-10-2(4-11(29)17(35)23(41)18(36)12(4)30)1-3-5(6(10)8-13(31)19(37)24(42)20(38)14(8)32)7(26(44-3)47-27(45)46)9-15(33)21(39)25(43)22(40)16(9)34/h1,44-46H. The Balaban J connectivity index is 2.15. The van der Waals surface area contributed by atoms with Gasteiger partial charge >= 0.3 is 7.32 Å². The fourth-order valence-electron chi connectivity index (χ4n) is 4.65. The van der Waals surface area contributed by atoms with Crippen molar-refractivity contribution in [1.29, 1.82) is 0 Å². The first-order chi connectivity index (χ1) is 21.8. The first kappa shape index (κ1) is 33.8. The van der Waals surface area contributed by atoms with Crippen LogP contribution in [0.15, 0.2) is 6.07 Å². The molecule has 0 saturated carbocycles. The Morgan fingerprint density at radius 3 is 1.15 bits per heavy atom. The van der Waals surface area contributed by atoms with E-state index in [9.17, 15) is 58.3 Å². The summed E-state index contributed by atoms with van der Waals surface area (Å²) in [6.45, 7) is 0. The quantitative estimate of drug-likeness (QED) is 0.0746. The van der Waals surface area contributed by atoms with Crippen LogP contribution >= 0.6 is 11.6 Å². The number of nitrogens with one attached hydrogen (secondary N) is 1. The third kappa shape index (κ3) is 4.84. The molecule has 5 aromatic rings. The molecule has 0 aliphatic carbocycles. The Kier molecular flexibility index (Phi) is 8.34. The third-order valence-electron chi connectivity index (χ3n) is 6.61. The molecule has 0 spiro atoms. The molecule has 5 rings (SSSR count). The van der Waals surface area contributed by atoms with Crippen LogP contribution in [0.5, 0.6) is 5.88 Å². The van der Waals surface area contributed by atoms with Gasteiger partial charge in [0.1, 0.15) is 0 Å². The number of halogens is 16. The first-order valence-corrected chi connectivity index (χ1v) is 12.2. The fourth-order valence-corrected chi connectivity index (χ4v) is 4.99. The second kappa shape index (κ2) is 11.6. The van der Waals surface area contributed by atoms with Gasteiger partial charge in [-0.1, -0.05) is 11.6 Å². The normalized spacial score (nSPS) is 11.6. The van der Waals surface area contributed by atoms with Gasteiger partial charge in [-0.3, -0.25) is 0 Å². The monoisotopic (exact) mass is 709 g/mol. The fraction of sp³-hybridized carbons (Fsp3) is 0. The van der Waals surface area contributed by atoms with Gasteiger partial charge in [0, 0.05) is 16.5 Å². The lowest BCUT2D eigenvalue weighted by Crippen LogP contribution is -2.21. The number of aromatic nitrogens is 1. The Bertz CT molecular complexity index is 2100. The lowest BCUT2D eigenvalue weighted by atomic mass is 9.90. The van der Waals surface area contributed by atoms with Crippen LogP contribution in [0.2, 0.25) is 5.02 Å². The average molecular weight is 710 g/mol. The minimum absolute atomic E-state index is 0.178. The highest BCUT2D eigenvalue weighted by molar-refractivity contribution is 6.39. The molecule has 0 radical (unpaired) electrons. The van der Waals surface area contributed by atoms with Crippen LogP contribution < -0.4 is 4.65 Å². The van der Waals surface area contributed by atoms with E-state index in [1.165, 1.54) is 0 Å². The van der Waals surface area contributed by atoms with Crippen LogP contribution in [0.3, 0.4) is 0 Å².